The summed E-state index contributed by atoms with van der Waals surface area (Å²) < 4.78 is 5.59. The third-order valence-corrected chi connectivity index (χ3v) is 6.22. The number of anilines is 2. The minimum atomic E-state index is 0.653. The van der Waals surface area contributed by atoms with E-state index >= 15 is 0 Å². The molecule has 0 aliphatic rings. The van der Waals surface area contributed by atoms with Crippen molar-refractivity contribution < 1.29 is 4.74 Å². The first-order valence-electron chi connectivity index (χ1n) is 9.51. The number of rotatable bonds is 5. The molecule has 0 aliphatic heterocycles. The molecule has 0 bridgehead atoms. The van der Waals surface area contributed by atoms with E-state index in [9.17, 15) is 0 Å². The number of halogens is 1. The van der Waals surface area contributed by atoms with E-state index in [4.69, 9.17) is 21.3 Å². The summed E-state index contributed by atoms with van der Waals surface area (Å²) in [5.74, 6) is 2.40. The summed E-state index contributed by atoms with van der Waals surface area (Å²) in [7, 11) is 0. The highest BCUT2D eigenvalue weighted by atomic mass is 35.5. The maximum atomic E-state index is 6.32. The molecule has 1 N–H and O–H groups in total. The second kappa shape index (κ2) is 8.01. The highest BCUT2D eigenvalue weighted by Gasteiger charge is 2.18. The SMILES string of the molecule is CCOc1ccc(-c2c(C)sc3nc(C)nc(Nc4cccc(Cl)c4C)c23)cc1. The van der Waals surface area contributed by atoms with Gasteiger partial charge in [-0.2, -0.15) is 0 Å². The van der Waals surface area contributed by atoms with Crippen LogP contribution >= 0.6 is 22.9 Å². The topological polar surface area (TPSA) is 47.0 Å². The molecule has 6 heteroatoms. The van der Waals surface area contributed by atoms with Crippen molar-refractivity contribution >= 4 is 44.7 Å². The summed E-state index contributed by atoms with van der Waals surface area (Å²) >= 11 is 8.00. The number of fused-ring (bicyclic) bond motifs is 1. The number of thiophene rings is 1. The van der Waals surface area contributed by atoms with Gasteiger partial charge < -0.3 is 10.1 Å². The van der Waals surface area contributed by atoms with Gasteiger partial charge in [0.15, 0.2) is 0 Å². The van der Waals surface area contributed by atoms with Crippen LogP contribution in [0.3, 0.4) is 0 Å². The van der Waals surface area contributed by atoms with Gasteiger partial charge in [0.25, 0.3) is 0 Å². The first-order chi connectivity index (χ1) is 14.0. The Bertz CT molecular complexity index is 1190. The first kappa shape index (κ1) is 19.7. The third kappa shape index (κ3) is 3.80. The largest absolute Gasteiger partial charge is 0.494 e. The minimum Gasteiger partial charge on any atom is -0.494 e. The summed E-state index contributed by atoms with van der Waals surface area (Å²) in [5.41, 5.74) is 4.21. The van der Waals surface area contributed by atoms with Crippen molar-refractivity contribution in [1.82, 2.24) is 9.97 Å². The number of aryl methyl sites for hydroxylation is 2. The quantitative estimate of drug-likeness (QED) is 0.372. The Morgan fingerprint density at radius 1 is 1.03 bits per heavy atom. The van der Waals surface area contributed by atoms with Gasteiger partial charge in [0.2, 0.25) is 0 Å². The fraction of sp³-hybridized carbons (Fsp3) is 0.217. The molecule has 0 fully saturated rings. The van der Waals surface area contributed by atoms with E-state index < -0.39 is 0 Å². The molecule has 4 aromatic rings. The van der Waals surface area contributed by atoms with Crippen molar-refractivity contribution in [2.24, 2.45) is 0 Å². The molecule has 2 aromatic carbocycles. The Kier molecular flexibility index (Phi) is 5.43. The molecule has 0 radical (unpaired) electrons. The predicted octanol–water partition coefficient (Wildman–Crippen LogP) is 7.08. The Hall–Kier alpha value is -2.63. The van der Waals surface area contributed by atoms with Crippen LogP contribution in [-0.2, 0) is 0 Å². The van der Waals surface area contributed by atoms with E-state index in [1.165, 1.54) is 4.88 Å². The van der Waals surface area contributed by atoms with E-state index in [2.05, 4.69) is 29.4 Å². The zero-order valence-corrected chi connectivity index (χ0v) is 18.4. The van der Waals surface area contributed by atoms with Crippen LogP contribution in [0.15, 0.2) is 42.5 Å². The highest BCUT2D eigenvalue weighted by Crippen LogP contribution is 2.42. The number of hydrogen-bond acceptors (Lipinski definition) is 5. The van der Waals surface area contributed by atoms with Crippen LogP contribution in [0.25, 0.3) is 21.3 Å². The van der Waals surface area contributed by atoms with E-state index in [1.807, 2.05) is 51.1 Å². The van der Waals surface area contributed by atoms with Crippen LogP contribution in [0, 0.1) is 20.8 Å². The summed E-state index contributed by atoms with van der Waals surface area (Å²) in [5, 5.41) is 5.25. The van der Waals surface area contributed by atoms with Crippen molar-refractivity contribution in [2.75, 3.05) is 11.9 Å². The Morgan fingerprint density at radius 3 is 2.52 bits per heavy atom. The molecule has 0 atom stereocenters. The lowest BCUT2D eigenvalue weighted by Gasteiger charge is -2.13. The van der Waals surface area contributed by atoms with Gasteiger partial charge in [0, 0.05) is 21.2 Å². The lowest BCUT2D eigenvalue weighted by molar-refractivity contribution is 0.340. The van der Waals surface area contributed by atoms with Crippen molar-refractivity contribution in [3.05, 3.63) is 63.8 Å². The molecule has 148 valence electrons. The van der Waals surface area contributed by atoms with Crippen LogP contribution in [0.4, 0.5) is 11.5 Å². The smallest absolute Gasteiger partial charge is 0.143 e. The molecule has 0 unspecified atom stereocenters. The molecule has 2 aromatic heterocycles. The maximum Gasteiger partial charge on any atom is 0.143 e. The summed E-state index contributed by atoms with van der Waals surface area (Å²) in [6.45, 7) is 8.69. The van der Waals surface area contributed by atoms with E-state index in [-0.39, 0.29) is 0 Å². The third-order valence-electron chi connectivity index (χ3n) is 4.81. The molecule has 4 rings (SSSR count). The number of ether oxygens (including phenoxy) is 1. The van der Waals surface area contributed by atoms with Crippen LogP contribution in [-0.4, -0.2) is 16.6 Å². The number of nitrogens with one attached hydrogen (secondary N) is 1. The number of nitrogens with zero attached hydrogens (tertiary/aromatic N) is 2. The van der Waals surface area contributed by atoms with Gasteiger partial charge in [-0.05, 0) is 63.1 Å². The summed E-state index contributed by atoms with van der Waals surface area (Å²) in [6.07, 6.45) is 0. The fourth-order valence-electron chi connectivity index (χ4n) is 3.41. The average molecular weight is 424 g/mol. The molecule has 0 aliphatic carbocycles. The standard InChI is InChI=1S/C23H22ClN3OS/c1-5-28-17-11-9-16(10-12-17)20-14(3)29-23-21(20)22(25-15(4)26-23)27-19-8-6-7-18(24)13(19)2/h6-12H,5H2,1-4H3,(H,25,26,27). The predicted molar refractivity (Wildman–Crippen MR) is 123 cm³/mol. The molecule has 2 heterocycles. The number of aromatic nitrogens is 2. The zero-order chi connectivity index (χ0) is 20.5. The molecule has 29 heavy (non-hydrogen) atoms. The van der Waals surface area contributed by atoms with E-state index in [1.54, 1.807) is 11.3 Å². The number of hydrogen-bond donors (Lipinski definition) is 1. The fourth-order valence-corrected chi connectivity index (χ4v) is 4.68. The van der Waals surface area contributed by atoms with Crippen molar-refractivity contribution in [3.8, 4) is 16.9 Å². The van der Waals surface area contributed by atoms with Crippen LogP contribution in [0.1, 0.15) is 23.2 Å². The lowest BCUT2D eigenvalue weighted by atomic mass is 10.0. The lowest BCUT2D eigenvalue weighted by Crippen LogP contribution is -2.00. The van der Waals surface area contributed by atoms with Crippen LogP contribution in [0.5, 0.6) is 5.75 Å². The molecular formula is C23H22ClN3OS. The van der Waals surface area contributed by atoms with Gasteiger partial charge >= 0.3 is 0 Å². The molecule has 0 spiro atoms. The average Bonchev–Trinajstić information content (AvgIpc) is 3.02. The normalized spacial score (nSPS) is 11.1. The Labute approximate surface area is 179 Å². The molecular weight excluding hydrogens is 402 g/mol. The maximum absolute atomic E-state index is 6.32. The molecule has 0 saturated heterocycles. The van der Waals surface area contributed by atoms with Gasteiger partial charge in [-0.1, -0.05) is 29.8 Å². The van der Waals surface area contributed by atoms with Crippen molar-refractivity contribution in [2.45, 2.75) is 27.7 Å². The minimum absolute atomic E-state index is 0.653. The van der Waals surface area contributed by atoms with E-state index in [0.717, 1.165) is 55.0 Å². The van der Waals surface area contributed by atoms with E-state index in [0.29, 0.717) is 6.61 Å². The van der Waals surface area contributed by atoms with Gasteiger partial charge in [0.05, 0.1) is 12.0 Å². The molecule has 4 nitrogen and oxygen atoms in total. The van der Waals surface area contributed by atoms with Gasteiger partial charge in [-0.15, -0.1) is 11.3 Å². The first-order valence-corrected chi connectivity index (χ1v) is 10.7. The van der Waals surface area contributed by atoms with Crippen LogP contribution in [0.2, 0.25) is 5.02 Å². The van der Waals surface area contributed by atoms with Gasteiger partial charge in [-0.25, -0.2) is 9.97 Å². The summed E-state index contributed by atoms with van der Waals surface area (Å²) in [4.78, 5) is 11.6. The summed E-state index contributed by atoms with van der Waals surface area (Å²) in [6, 6.07) is 14.0. The van der Waals surface area contributed by atoms with Crippen molar-refractivity contribution in [1.29, 1.82) is 0 Å². The highest BCUT2D eigenvalue weighted by molar-refractivity contribution is 7.19. The van der Waals surface area contributed by atoms with Gasteiger partial charge in [0.1, 0.15) is 22.2 Å². The zero-order valence-electron chi connectivity index (χ0n) is 16.8. The van der Waals surface area contributed by atoms with Crippen molar-refractivity contribution in [3.63, 3.8) is 0 Å². The Morgan fingerprint density at radius 2 is 1.79 bits per heavy atom. The Balaban J connectivity index is 1.88. The van der Waals surface area contributed by atoms with Gasteiger partial charge in [-0.3, -0.25) is 0 Å². The molecule has 0 saturated carbocycles. The number of benzene rings is 2. The molecule has 0 amide bonds. The van der Waals surface area contributed by atoms with Crippen LogP contribution < -0.4 is 10.1 Å². The second-order valence-electron chi connectivity index (χ2n) is 6.83. The monoisotopic (exact) mass is 423 g/mol. The second-order valence-corrected chi connectivity index (χ2v) is 8.44.